The highest BCUT2D eigenvalue weighted by molar-refractivity contribution is 9.10. The lowest BCUT2D eigenvalue weighted by Gasteiger charge is -2.02. The fraction of sp³-hybridized carbons (Fsp3) is 0.0625. The molecule has 0 aromatic heterocycles. The summed E-state index contributed by atoms with van der Waals surface area (Å²) in [4.78, 5) is 0. The maximum Gasteiger partial charge on any atom is 0.129 e. The highest BCUT2D eigenvalue weighted by Crippen LogP contribution is 2.26. The molecule has 94 valence electrons. The van der Waals surface area contributed by atoms with Gasteiger partial charge in [0.25, 0.3) is 0 Å². The molecule has 2 nitrogen and oxygen atoms in total. The summed E-state index contributed by atoms with van der Waals surface area (Å²) in [7, 11) is 0. The largest absolute Gasteiger partial charge is 0.507 e. The van der Waals surface area contributed by atoms with E-state index < -0.39 is 0 Å². The molecule has 0 bridgehead atoms. The number of hydrogen-bond donors (Lipinski definition) is 1. The molecule has 0 aliphatic rings. The van der Waals surface area contributed by atoms with E-state index >= 15 is 0 Å². The average molecular weight is 314 g/mol. The predicted molar refractivity (Wildman–Crippen MR) is 80.5 cm³/mol. The van der Waals surface area contributed by atoms with Crippen molar-refractivity contribution in [1.29, 1.82) is 5.26 Å². The molecular weight excluding hydrogens is 302 g/mol. The third kappa shape index (κ3) is 3.24. The Hall–Kier alpha value is -2.05. The van der Waals surface area contributed by atoms with Gasteiger partial charge in [0.15, 0.2) is 0 Å². The minimum Gasteiger partial charge on any atom is -0.507 e. The highest BCUT2D eigenvalue weighted by Gasteiger charge is 2.02. The number of aromatic hydroxyl groups is 1. The Balaban J connectivity index is 2.41. The predicted octanol–water partition coefficient (Wildman–Crippen LogP) is 4.53. The van der Waals surface area contributed by atoms with Crippen molar-refractivity contribution in [3.05, 3.63) is 63.6 Å². The van der Waals surface area contributed by atoms with Gasteiger partial charge in [-0.2, -0.15) is 5.26 Å². The van der Waals surface area contributed by atoms with Crippen LogP contribution in [0, 0.1) is 18.3 Å². The van der Waals surface area contributed by atoms with E-state index in [1.807, 2.05) is 31.2 Å². The van der Waals surface area contributed by atoms with Crippen molar-refractivity contribution in [3.8, 4) is 11.8 Å². The van der Waals surface area contributed by atoms with Crippen LogP contribution in [-0.2, 0) is 0 Å². The molecule has 0 radical (unpaired) electrons. The number of phenolic OH excluding ortho intramolecular Hbond substituents is 1. The molecule has 0 spiro atoms. The number of phenols is 1. The molecule has 3 heteroatoms. The Morgan fingerprint density at radius 1 is 1.21 bits per heavy atom. The zero-order chi connectivity index (χ0) is 13.8. The Kier molecular flexibility index (Phi) is 4.03. The van der Waals surface area contributed by atoms with Gasteiger partial charge in [-0.1, -0.05) is 35.9 Å². The van der Waals surface area contributed by atoms with Gasteiger partial charge < -0.3 is 5.11 Å². The van der Waals surface area contributed by atoms with Crippen molar-refractivity contribution < 1.29 is 5.11 Å². The number of halogens is 1. The van der Waals surface area contributed by atoms with Crippen molar-refractivity contribution >= 4 is 27.6 Å². The maximum absolute atomic E-state index is 9.45. The molecular formula is C16H12BrNO. The van der Waals surface area contributed by atoms with E-state index in [2.05, 4.69) is 22.0 Å². The molecule has 0 saturated carbocycles. The summed E-state index contributed by atoms with van der Waals surface area (Å²) in [6.45, 7) is 2.01. The highest BCUT2D eigenvalue weighted by atomic mass is 79.9. The number of rotatable bonds is 2. The number of benzene rings is 2. The van der Waals surface area contributed by atoms with Crippen LogP contribution in [0.4, 0.5) is 0 Å². The Morgan fingerprint density at radius 3 is 2.47 bits per heavy atom. The molecule has 0 heterocycles. The zero-order valence-corrected chi connectivity index (χ0v) is 12.0. The molecule has 0 amide bonds. The zero-order valence-electron chi connectivity index (χ0n) is 10.4. The molecule has 19 heavy (non-hydrogen) atoms. The fourth-order valence-electron chi connectivity index (χ4n) is 1.69. The van der Waals surface area contributed by atoms with Crippen LogP contribution in [0.2, 0.25) is 0 Å². The van der Waals surface area contributed by atoms with Gasteiger partial charge in [0, 0.05) is 0 Å². The van der Waals surface area contributed by atoms with E-state index in [1.54, 1.807) is 24.3 Å². The minimum atomic E-state index is 0.186. The van der Waals surface area contributed by atoms with Gasteiger partial charge in [-0.3, -0.25) is 0 Å². The Bertz CT molecular complexity index is 666. The van der Waals surface area contributed by atoms with Crippen molar-refractivity contribution in [2.45, 2.75) is 6.92 Å². The van der Waals surface area contributed by atoms with Gasteiger partial charge in [0.05, 0.1) is 16.1 Å². The topological polar surface area (TPSA) is 44.0 Å². The smallest absolute Gasteiger partial charge is 0.129 e. The van der Waals surface area contributed by atoms with Crippen molar-refractivity contribution in [2.24, 2.45) is 0 Å². The summed E-state index contributed by atoms with van der Waals surface area (Å²) in [6, 6.07) is 15.2. The van der Waals surface area contributed by atoms with E-state index in [0.29, 0.717) is 10.0 Å². The first-order chi connectivity index (χ1) is 9.10. The molecule has 2 aromatic carbocycles. The number of nitriles is 1. The molecule has 0 unspecified atom stereocenters. The van der Waals surface area contributed by atoms with Crippen molar-refractivity contribution in [2.75, 3.05) is 0 Å². The summed E-state index contributed by atoms with van der Waals surface area (Å²) in [5.41, 5.74) is 3.50. The monoisotopic (exact) mass is 313 g/mol. The van der Waals surface area contributed by atoms with Crippen LogP contribution in [0.3, 0.4) is 0 Å². The van der Waals surface area contributed by atoms with E-state index in [9.17, 15) is 10.4 Å². The molecule has 0 atom stereocenters. The van der Waals surface area contributed by atoms with Crippen LogP contribution >= 0.6 is 15.9 Å². The van der Waals surface area contributed by atoms with Crippen LogP contribution in [0.25, 0.3) is 11.6 Å². The van der Waals surface area contributed by atoms with Gasteiger partial charge in [-0.25, -0.2) is 0 Å². The standard InChI is InChI=1S/C16H12BrNO/c1-11-2-5-13(6-3-11)14(10-18)8-12-4-7-16(19)15(17)9-12/h2-9,19H,1H3/b14-8+. The van der Waals surface area contributed by atoms with E-state index in [4.69, 9.17) is 0 Å². The SMILES string of the molecule is Cc1ccc(/C(C#N)=C/c2ccc(O)c(Br)c2)cc1. The van der Waals surface area contributed by atoms with Crippen LogP contribution < -0.4 is 0 Å². The summed E-state index contributed by atoms with van der Waals surface area (Å²) >= 11 is 3.26. The van der Waals surface area contributed by atoms with Crippen LogP contribution in [0.5, 0.6) is 5.75 Å². The van der Waals surface area contributed by atoms with Gasteiger partial charge in [-0.15, -0.1) is 0 Å². The van der Waals surface area contributed by atoms with E-state index in [1.165, 1.54) is 0 Å². The molecule has 0 aliphatic carbocycles. The number of hydrogen-bond acceptors (Lipinski definition) is 2. The third-order valence-electron chi connectivity index (χ3n) is 2.77. The van der Waals surface area contributed by atoms with Gasteiger partial charge in [-0.05, 0) is 52.2 Å². The second-order valence-electron chi connectivity index (χ2n) is 4.25. The number of allylic oxidation sites excluding steroid dienone is 1. The Labute approximate surface area is 120 Å². The lowest BCUT2D eigenvalue weighted by atomic mass is 10.0. The lowest BCUT2D eigenvalue weighted by Crippen LogP contribution is -1.83. The van der Waals surface area contributed by atoms with Gasteiger partial charge in [0.1, 0.15) is 5.75 Å². The molecule has 0 aliphatic heterocycles. The molecule has 2 rings (SSSR count). The van der Waals surface area contributed by atoms with E-state index in [-0.39, 0.29) is 5.75 Å². The maximum atomic E-state index is 9.45. The lowest BCUT2D eigenvalue weighted by molar-refractivity contribution is 0.472. The molecule has 2 aromatic rings. The van der Waals surface area contributed by atoms with Crippen LogP contribution in [0.1, 0.15) is 16.7 Å². The van der Waals surface area contributed by atoms with Gasteiger partial charge in [0.2, 0.25) is 0 Å². The van der Waals surface area contributed by atoms with Crippen molar-refractivity contribution in [1.82, 2.24) is 0 Å². The third-order valence-corrected chi connectivity index (χ3v) is 3.40. The summed E-state index contributed by atoms with van der Waals surface area (Å²) in [6.07, 6.45) is 1.80. The second kappa shape index (κ2) is 5.73. The fourth-order valence-corrected chi connectivity index (χ4v) is 2.09. The van der Waals surface area contributed by atoms with Crippen LogP contribution in [0.15, 0.2) is 46.9 Å². The second-order valence-corrected chi connectivity index (χ2v) is 5.10. The first-order valence-electron chi connectivity index (χ1n) is 5.77. The normalized spacial score (nSPS) is 11.1. The Morgan fingerprint density at radius 2 is 1.89 bits per heavy atom. The molecule has 0 saturated heterocycles. The first-order valence-corrected chi connectivity index (χ1v) is 6.57. The average Bonchev–Trinajstić information content (AvgIpc) is 2.41. The summed E-state index contributed by atoms with van der Waals surface area (Å²) in [5.74, 6) is 0.186. The number of aryl methyl sites for hydroxylation is 1. The van der Waals surface area contributed by atoms with Gasteiger partial charge >= 0.3 is 0 Å². The van der Waals surface area contributed by atoms with Crippen molar-refractivity contribution in [3.63, 3.8) is 0 Å². The quantitative estimate of drug-likeness (QED) is 0.654. The molecule has 1 N–H and O–H groups in total. The minimum absolute atomic E-state index is 0.186. The molecule has 0 fully saturated rings. The summed E-state index contributed by atoms with van der Waals surface area (Å²) < 4.78 is 0.613. The number of nitrogens with zero attached hydrogens (tertiary/aromatic N) is 1. The first kappa shape index (κ1) is 13.4. The summed E-state index contributed by atoms with van der Waals surface area (Å²) in [5, 5.41) is 18.7. The van der Waals surface area contributed by atoms with E-state index in [0.717, 1.165) is 16.7 Å². The van der Waals surface area contributed by atoms with Crippen LogP contribution in [-0.4, -0.2) is 5.11 Å².